The Hall–Kier alpha value is -2.14. The monoisotopic (exact) mass is 285 g/mol. The number of hydrogen-bond acceptors (Lipinski definition) is 3. The van der Waals surface area contributed by atoms with Crippen LogP contribution in [0.25, 0.3) is 11.3 Å². The Morgan fingerprint density at radius 1 is 1.38 bits per heavy atom. The predicted molar refractivity (Wildman–Crippen MR) is 79.8 cm³/mol. The molecule has 1 aromatic heterocycles. The average molecular weight is 285 g/mol. The number of aromatic amines is 1. The Morgan fingerprint density at radius 3 is 2.95 bits per heavy atom. The minimum Gasteiger partial charge on any atom is -0.383 e. The van der Waals surface area contributed by atoms with Crippen molar-refractivity contribution in [2.24, 2.45) is 0 Å². The van der Waals surface area contributed by atoms with E-state index in [0.717, 1.165) is 17.1 Å². The van der Waals surface area contributed by atoms with E-state index in [1.807, 2.05) is 41.4 Å². The molecule has 3 rings (SSSR count). The van der Waals surface area contributed by atoms with E-state index < -0.39 is 0 Å². The summed E-state index contributed by atoms with van der Waals surface area (Å²) in [6, 6.07) is 10.1. The lowest BCUT2D eigenvalue weighted by atomic mass is 10.1. The molecule has 110 valence electrons. The Balaban J connectivity index is 1.71. The first-order chi connectivity index (χ1) is 10.3. The number of ether oxygens (including phenoxy) is 1. The third-order valence-electron chi connectivity index (χ3n) is 3.85. The Morgan fingerprint density at radius 2 is 2.19 bits per heavy atom. The fourth-order valence-electron chi connectivity index (χ4n) is 2.68. The first-order valence-electron chi connectivity index (χ1n) is 7.15. The predicted octanol–water partition coefficient (Wildman–Crippen LogP) is 2.04. The third-order valence-corrected chi connectivity index (χ3v) is 3.85. The highest BCUT2D eigenvalue weighted by molar-refractivity contribution is 5.79. The van der Waals surface area contributed by atoms with Gasteiger partial charge in [-0.15, -0.1) is 0 Å². The van der Waals surface area contributed by atoms with E-state index in [1.165, 1.54) is 0 Å². The number of likely N-dealkylation sites (tertiary alicyclic amines) is 1. The molecule has 1 saturated heterocycles. The quantitative estimate of drug-likeness (QED) is 0.914. The van der Waals surface area contributed by atoms with E-state index in [4.69, 9.17) is 4.74 Å². The second-order valence-corrected chi connectivity index (χ2v) is 5.28. The zero-order valence-electron chi connectivity index (χ0n) is 12.1. The number of methoxy groups -OCH3 is 1. The fourth-order valence-corrected chi connectivity index (χ4v) is 2.68. The summed E-state index contributed by atoms with van der Waals surface area (Å²) >= 11 is 0. The zero-order valence-corrected chi connectivity index (χ0v) is 12.1. The lowest BCUT2D eigenvalue weighted by molar-refractivity contribution is -0.128. The van der Waals surface area contributed by atoms with Gasteiger partial charge < -0.3 is 14.6 Å². The molecule has 0 bridgehead atoms. The van der Waals surface area contributed by atoms with Crippen LogP contribution in [0, 0.1) is 0 Å². The van der Waals surface area contributed by atoms with E-state index >= 15 is 0 Å². The molecule has 1 N–H and O–H groups in total. The van der Waals surface area contributed by atoms with Crippen molar-refractivity contribution in [3.63, 3.8) is 0 Å². The Bertz CT molecular complexity index is 609. The molecule has 1 unspecified atom stereocenters. The lowest BCUT2D eigenvalue weighted by Gasteiger charge is -2.15. The zero-order chi connectivity index (χ0) is 14.7. The number of aromatic nitrogens is 2. The molecule has 0 spiro atoms. The van der Waals surface area contributed by atoms with Crippen LogP contribution in [0.15, 0.2) is 36.5 Å². The molecule has 0 aliphatic carbocycles. The van der Waals surface area contributed by atoms with Crippen LogP contribution in [0.1, 0.15) is 18.2 Å². The summed E-state index contributed by atoms with van der Waals surface area (Å²) in [5.74, 6) is 1.21. The number of carbonyl (C=O) groups is 1. The van der Waals surface area contributed by atoms with Gasteiger partial charge in [-0.05, 0) is 5.56 Å². The van der Waals surface area contributed by atoms with Gasteiger partial charge in [-0.3, -0.25) is 4.79 Å². The highest BCUT2D eigenvalue weighted by Crippen LogP contribution is 2.27. The average Bonchev–Trinajstić information content (AvgIpc) is 3.13. The summed E-state index contributed by atoms with van der Waals surface area (Å²) in [4.78, 5) is 21.6. The van der Waals surface area contributed by atoms with Crippen LogP contribution in [0.4, 0.5) is 0 Å². The molecular formula is C16H19N3O2. The molecule has 5 nitrogen and oxygen atoms in total. The van der Waals surface area contributed by atoms with E-state index in [-0.39, 0.29) is 11.8 Å². The van der Waals surface area contributed by atoms with Gasteiger partial charge in [0, 0.05) is 32.5 Å². The first kappa shape index (κ1) is 13.8. The molecule has 0 saturated carbocycles. The molecular weight excluding hydrogens is 266 g/mol. The maximum absolute atomic E-state index is 12.0. The van der Waals surface area contributed by atoms with Gasteiger partial charge in [0.2, 0.25) is 5.91 Å². The Labute approximate surface area is 124 Å². The number of benzene rings is 1. The summed E-state index contributed by atoms with van der Waals surface area (Å²) in [7, 11) is 1.65. The molecule has 1 aliphatic heterocycles. The largest absolute Gasteiger partial charge is 0.383 e. The minimum atomic E-state index is 0.145. The van der Waals surface area contributed by atoms with E-state index in [9.17, 15) is 4.79 Å². The number of rotatable bonds is 5. The van der Waals surface area contributed by atoms with Crippen molar-refractivity contribution in [3.05, 3.63) is 42.4 Å². The SMILES string of the molecule is COCCN1CC(c2ncc(-c3ccccc3)[nH]2)CC1=O. The molecule has 0 radical (unpaired) electrons. The van der Waals surface area contributed by atoms with Crippen molar-refractivity contribution in [2.75, 3.05) is 26.8 Å². The van der Waals surface area contributed by atoms with Gasteiger partial charge in [0.15, 0.2) is 0 Å². The molecule has 1 aliphatic rings. The van der Waals surface area contributed by atoms with Crippen molar-refractivity contribution in [3.8, 4) is 11.3 Å². The number of nitrogens with zero attached hydrogens (tertiary/aromatic N) is 2. The van der Waals surface area contributed by atoms with E-state index in [1.54, 1.807) is 7.11 Å². The molecule has 1 fully saturated rings. The van der Waals surface area contributed by atoms with Crippen molar-refractivity contribution in [1.29, 1.82) is 0 Å². The number of carbonyl (C=O) groups excluding carboxylic acids is 1. The fraction of sp³-hybridized carbons (Fsp3) is 0.375. The summed E-state index contributed by atoms with van der Waals surface area (Å²) in [6.07, 6.45) is 2.36. The van der Waals surface area contributed by atoms with Gasteiger partial charge in [-0.2, -0.15) is 0 Å². The van der Waals surface area contributed by atoms with Crippen molar-refractivity contribution < 1.29 is 9.53 Å². The van der Waals surface area contributed by atoms with Gasteiger partial charge in [0.05, 0.1) is 18.5 Å². The van der Waals surface area contributed by atoms with Crippen molar-refractivity contribution >= 4 is 5.91 Å². The van der Waals surface area contributed by atoms with Crippen molar-refractivity contribution in [1.82, 2.24) is 14.9 Å². The topological polar surface area (TPSA) is 58.2 Å². The number of amides is 1. The molecule has 2 aromatic rings. The third kappa shape index (κ3) is 2.97. The van der Waals surface area contributed by atoms with Crippen LogP contribution in [0.5, 0.6) is 0 Å². The smallest absolute Gasteiger partial charge is 0.223 e. The van der Waals surface area contributed by atoms with Gasteiger partial charge in [0.25, 0.3) is 0 Å². The lowest BCUT2D eigenvalue weighted by Crippen LogP contribution is -2.28. The summed E-state index contributed by atoms with van der Waals surface area (Å²) in [6.45, 7) is 1.94. The standard InChI is InChI=1S/C16H19N3O2/c1-21-8-7-19-11-13(9-15(19)20)16-17-10-14(18-16)12-5-3-2-4-6-12/h2-6,10,13H,7-9,11H2,1H3,(H,17,18). The molecule has 1 aromatic carbocycles. The second kappa shape index (κ2) is 6.10. The summed E-state index contributed by atoms with van der Waals surface area (Å²) in [5.41, 5.74) is 2.10. The maximum Gasteiger partial charge on any atom is 0.223 e. The van der Waals surface area contributed by atoms with Crippen LogP contribution in [-0.2, 0) is 9.53 Å². The molecule has 1 amide bonds. The highest BCUT2D eigenvalue weighted by atomic mass is 16.5. The number of H-pyrrole nitrogens is 1. The molecule has 5 heteroatoms. The van der Waals surface area contributed by atoms with Gasteiger partial charge in [0.1, 0.15) is 5.82 Å². The number of hydrogen-bond donors (Lipinski definition) is 1. The van der Waals surface area contributed by atoms with E-state index in [0.29, 0.717) is 26.1 Å². The van der Waals surface area contributed by atoms with Crippen molar-refractivity contribution in [2.45, 2.75) is 12.3 Å². The Kier molecular flexibility index (Phi) is 4.01. The minimum absolute atomic E-state index is 0.145. The van der Waals surface area contributed by atoms with Crippen LogP contribution < -0.4 is 0 Å². The van der Waals surface area contributed by atoms with Gasteiger partial charge in [-0.25, -0.2) is 4.98 Å². The number of imidazole rings is 1. The molecule has 2 heterocycles. The van der Waals surface area contributed by atoms with Crippen LogP contribution in [-0.4, -0.2) is 47.6 Å². The summed E-state index contributed by atoms with van der Waals surface area (Å²) in [5, 5.41) is 0. The van der Waals surface area contributed by atoms with Crippen LogP contribution in [0.2, 0.25) is 0 Å². The summed E-state index contributed by atoms with van der Waals surface area (Å²) < 4.78 is 5.04. The normalized spacial score (nSPS) is 18.4. The van der Waals surface area contributed by atoms with Crippen LogP contribution >= 0.6 is 0 Å². The van der Waals surface area contributed by atoms with Crippen LogP contribution in [0.3, 0.4) is 0 Å². The maximum atomic E-state index is 12.0. The second-order valence-electron chi connectivity index (χ2n) is 5.28. The van der Waals surface area contributed by atoms with E-state index in [2.05, 4.69) is 9.97 Å². The first-order valence-corrected chi connectivity index (χ1v) is 7.15. The van der Waals surface area contributed by atoms with Gasteiger partial charge in [-0.1, -0.05) is 30.3 Å². The highest BCUT2D eigenvalue weighted by Gasteiger charge is 2.32. The number of nitrogens with one attached hydrogen (secondary N) is 1. The molecule has 21 heavy (non-hydrogen) atoms. The molecule has 1 atom stereocenters. The van der Waals surface area contributed by atoms with Gasteiger partial charge >= 0.3 is 0 Å².